The third kappa shape index (κ3) is 3.28. The maximum atomic E-state index is 12.2. The minimum atomic E-state index is 0.0423. The zero-order valence-electron chi connectivity index (χ0n) is 12.2. The van der Waals surface area contributed by atoms with Crippen molar-refractivity contribution in [3.05, 3.63) is 24.2 Å². The molecule has 2 heterocycles. The first kappa shape index (κ1) is 14.2. The summed E-state index contributed by atoms with van der Waals surface area (Å²) in [5.74, 6) is 1.01. The van der Waals surface area contributed by atoms with E-state index in [1.165, 1.54) is 18.9 Å². The van der Waals surface area contributed by atoms with Crippen molar-refractivity contribution in [3.63, 3.8) is 0 Å². The Morgan fingerprint density at radius 1 is 1.24 bits per heavy atom. The molecule has 1 saturated heterocycles. The third-order valence-corrected chi connectivity index (χ3v) is 4.71. The minimum absolute atomic E-state index is 0.0423. The standard InChI is InChI=1S/C16H22N2O3/c19-15(13-2-1-3-13)17-10-12-4-7-18(8-5-12)16(20)14-6-9-21-11-14/h6,9,11-13H,1-5,7-8,10H2,(H,17,19). The molecule has 1 aliphatic heterocycles. The van der Waals surface area contributed by atoms with Crippen molar-refractivity contribution in [1.82, 2.24) is 10.2 Å². The minimum Gasteiger partial charge on any atom is -0.472 e. The maximum Gasteiger partial charge on any atom is 0.257 e. The molecular formula is C16H22N2O3. The monoisotopic (exact) mass is 290 g/mol. The molecule has 2 aliphatic rings. The van der Waals surface area contributed by atoms with Crippen molar-refractivity contribution in [2.75, 3.05) is 19.6 Å². The van der Waals surface area contributed by atoms with Crippen LogP contribution in [-0.4, -0.2) is 36.3 Å². The second kappa shape index (κ2) is 6.33. The van der Waals surface area contributed by atoms with E-state index in [0.29, 0.717) is 11.5 Å². The van der Waals surface area contributed by atoms with Gasteiger partial charge in [0.05, 0.1) is 11.8 Å². The van der Waals surface area contributed by atoms with E-state index in [0.717, 1.165) is 45.3 Å². The Morgan fingerprint density at radius 3 is 2.57 bits per heavy atom. The van der Waals surface area contributed by atoms with Crippen LogP contribution in [0, 0.1) is 11.8 Å². The van der Waals surface area contributed by atoms with E-state index in [4.69, 9.17) is 4.42 Å². The summed E-state index contributed by atoms with van der Waals surface area (Å²) in [6.45, 7) is 2.27. The fourth-order valence-corrected chi connectivity index (χ4v) is 2.97. The highest BCUT2D eigenvalue weighted by Gasteiger charge is 2.27. The predicted molar refractivity (Wildman–Crippen MR) is 77.7 cm³/mol. The van der Waals surface area contributed by atoms with Gasteiger partial charge in [0, 0.05) is 25.6 Å². The number of furan rings is 1. The first-order chi connectivity index (χ1) is 10.2. The molecule has 5 heteroatoms. The van der Waals surface area contributed by atoms with Crippen LogP contribution in [-0.2, 0) is 4.79 Å². The zero-order chi connectivity index (χ0) is 14.7. The van der Waals surface area contributed by atoms with Crippen LogP contribution in [0.2, 0.25) is 0 Å². The quantitative estimate of drug-likeness (QED) is 0.923. The molecule has 1 aromatic rings. The summed E-state index contributed by atoms with van der Waals surface area (Å²) in [5, 5.41) is 3.07. The van der Waals surface area contributed by atoms with Crippen molar-refractivity contribution < 1.29 is 14.0 Å². The van der Waals surface area contributed by atoms with Crippen molar-refractivity contribution >= 4 is 11.8 Å². The molecule has 0 bridgehead atoms. The number of rotatable bonds is 4. The topological polar surface area (TPSA) is 62.6 Å². The van der Waals surface area contributed by atoms with Gasteiger partial charge in [-0.2, -0.15) is 0 Å². The maximum absolute atomic E-state index is 12.2. The highest BCUT2D eigenvalue weighted by atomic mass is 16.3. The number of hydrogen-bond acceptors (Lipinski definition) is 3. The molecule has 2 fully saturated rings. The average molecular weight is 290 g/mol. The van der Waals surface area contributed by atoms with E-state index >= 15 is 0 Å². The van der Waals surface area contributed by atoms with Gasteiger partial charge in [-0.15, -0.1) is 0 Å². The van der Waals surface area contributed by atoms with Crippen molar-refractivity contribution in [1.29, 1.82) is 0 Å². The highest BCUT2D eigenvalue weighted by molar-refractivity contribution is 5.93. The number of nitrogens with zero attached hydrogens (tertiary/aromatic N) is 1. The number of hydrogen-bond donors (Lipinski definition) is 1. The molecule has 0 unspecified atom stereocenters. The summed E-state index contributed by atoms with van der Waals surface area (Å²) in [6.07, 6.45) is 8.20. The van der Waals surface area contributed by atoms with Crippen LogP contribution in [0.4, 0.5) is 0 Å². The van der Waals surface area contributed by atoms with Gasteiger partial charge >= 0.3 is 0 Å². The number of likely N-dealkylation sites (tertiary alicyclic amines) is 1. The second-order valence-electron chi connectivity index (χ2n) is 6.12. The summed E-state index contributed by atoms with van der Waals surface area (Å²) in [7, 11) is 0. The summed E-state index contributed by atoms with van der Waals surface area (Å²) < 4.78 is 4.96. The zero-order valence-corrected chi connectivity index (χ0v) is 12.2. The van der Waals surface area contributed by atoms with E-state index in [1.807, 2.05) is 4.90 Å². The average Bonchev–Trinajstić information content (AvgIpc) is 2.97. The first-order valence-electron chi connectivity index (χ1n) is 7.83. The first-order valence-corrected chi connectivity index (χ1v) is 7.83. The summed E-state index contributed by atoms with van der Waals surface area (Å²) in [6, 6.07) is 1.70. The molecule has 3 rings (SSSR count). The molecule has 1 N–H and O–H groups in total. The molecule has 5 nitrogen and oxygen atoms in total. The van der Waals surface area contributed by atoms with Crippen molar-refractivity contribution in [3.8, 4) is 0 Å². The number of piperidine rings is 1. The van der Waals surface area contributed by atoms with Crippen LogP contribution in [0.15, 0.2) is 23.0 Å². The molecule has 2 amide bonds. The van der Waals surface area contributed by atoms with Gasteiger partial charge in [-0.3, -0.25) is 9.59 Å². The Bertz CT molecular complexity index is 486. The molecule has 0 atom stereocenters. The van der Waals surface area contributed by atoms with Crippen LogP contribution in [0.25, 0.3) is 0 Å². The van der Waals surface area contributed by atoms with Crippen LogP contribution in [0.3, 0.4) is 0 Å². The predicted octanol–water partition coefficient (Wildman–Crippen LogP) is 2.05. The number of carbonyl (C=O) groups is 2. The fraction of sp³-hybridized carbons (Fsp3) is 0.625. The third-order valence-electron chi connectivity index (χ3n) is 4.71. The molecule has 0 aromatic carbocycles. The number of nitrogens with one attached hydrogen (secondary N) is 1. The van der Waals surface area contributed by atoms with Crippen LogP contribution in [0.5, 0.6) is 0 Å². The Kier molecular flexibility index (Phi) is 4.27. The Balaban J connectivity index is 1.40. The lowest BCUT2D eigenvalue weighted by molar-refractivity contribution is -0.127. The molecular weight excluding hydrogens is 268 g/mol. The summed E-state index contributed by atoms with van der Waals surface area (Å²) >= 11 is 0. The van der Waals surface area contributed by atoms with Crippen LogP contribution < -0.4 is 5.32 Å². The smallest absolute Gasteiger partial charge is 0.257 e. The lowest BCUT2D eigenvalue weighted by atomic mass is 9.84. The van der Waals surface area contributed by atoms with E-state index in [1.54, 1.807) is 6.07 Å². The van der Waals surface area contributed by atoms with E-state index in [2.05, 4.69) is 5.32 Å². The van der Waals surface area contributed by atoms with E-state index in [9.17, 15) is 9.59 Å². The van der Waals surface area contributed by atoms with Gasteiger partial charge in [0.2, 0.25) is 5.91 Å². The van der Waals surface area contributed by atoms with Gasteiger partial charge in [0.1, 0.15) is 6.26 Å². The number of amides is 2. The van der Waals surface area contributed by atoms with Gasteiger partial charge < -0.3 is 14.6 Å². The Hall–Kier alpha value is -1.78. The highest BCUT2D eigenvalue weighted by Crippen LogP contribution is 2.26. The summed E-state index contributed by atoms with van der Waals surface area (Å²) in [5.41, 5.74) is 0.617. The molecule has 1 aromatic heterocycles. The molecule has 1 aliphatic carbocycles. The lowest BCUT2D eigenvalue weighted by Crippen LogP contribution is -2.43. The lowest BCUT2D eigenvalue weighted by Gasteiger charge is -2.32. The normalized spacial score (nSPS) is 20.1. The van der Waals surface area contributed by atoms with Crippen molar-refractivity contribution in [2.45, 2.75) is 32.1 Å². The number of carbonyl (C=O) groups excluding carboxylic acids is 2. The van der Waals surface area contributed by atoms with Gasteiger partial charge in [-0.1, -0.05) is 6.42 Å². The molecule has 1 saturated carbocycles. The SMILES string of the molecule is O=C(NCC1CCN(C(=O)c2ccoc2)CC1)C1CCC1. The van der Waals surface area contributed by atoms with Gasteiger partial charge in [0.15, 0.2) is 0 Å². The largest absolute Gasteiger partial charge is 0.472 e. The Labute approximate surface area is 124 Å². The van der Waals surface area contributed by atoms with Crippen LogP contribution >= 0.6 is 0 Å². The van der Waals surface area contributed by atoms with E-state index in [-0.39, 0.29) is 17.7 Å². The van der Waals surface area contributed by atoms with Gasteiger partial charge in [-0.25, -0.2) is 0 Å². The second-order valence-corrected chi connectivity index (χ2v) is 6.12. The van der Waals surface area contributed by atoms with Gasteiger partial charge in [-0.05, 0) is 37.7 Å². The molecule has 21 heavy (non-hydrogen) atoms. The summed E-state index contributed by atoms with van der Waals surface area (Å²) in [4.78, 5) is 25.8. The molecule has 0 spiro atoms. The van der Waals surface area contributed by atoms with Crippen molar-refractivity contribution in [2.24, 2.45) is 11.8 Å². The fourth-order valence-electron chi connectivity index (χ4n) is 2.97. The molecule has 0 radical (unpaired) electrons. The Morgan fingerprint density at radius 2 is 2.00 bits per heavy atom. The van der Waals surface area contributed by atoms with Gasteiger partial charge in [0.25, 0.3) is 5.91 Å². The van der Waals surface area contributed by atoms with Crippen LogP contribution in [0.1, 0.15) is 42.5 Å². The molecule has 114 valence electrons. The van der Waals surface area contributed by atoms with E-state index < -0.39 is 0 Å².